The highest BCUT2D eigenvalue weighted by atomic mass is 35.5. The largest absolute Gasteiger partial charge is 0.506 e. The summed E-state index contributed by atoms with van der Waals surface area (Å²) in [5, 5.41) is 13.3. The van der Waals surface area contributed by atoms with Gasteiger partial charge in [0, 0.05) is 55.7 Å². The molecule has 2 N–H and O–H groups in total. The third-order valence-corrected chi connectivity index (χ3v) is 6.94. The molecular formula is C24H28Cl2N4O3. The number of hydrogen-bond acceptors (Lipinski definition) is 5. The molecule has 7 nitrogen and oxygen atoms in total. The van der Waals surface area contributed by atoms with E-state index in [4.69, 9.17) is 23.2 Å². The van der Waals surface area contributed by atoms with E-state index in [0.29, 0.717) is 43.4 Å². The fourth-order valence-electron chi connectivity index (χ4n) is 4.54. The van der Waals surface area contributed by atoms with Crippen molar-refractivity contribution in [2.24, 2.45) is 11.8 Å². The van der Waals surface area contributed by atoms with Gasteiger partial charge < -0.3 is 20.2 Å². The van der Waals surface area contributed by atoms with Crippen LogP contribution in [0.15, 0.2) is 42.5 Å². The van der Waals surface area contributed by atoms with E-state index in [1.807, 2.05) is 36.1 Å². The molecule has 0 aromatic heterocycles. The van der Waals surface area contributed by atoms with Crippen LogP contribution in [0, 0.1) is 11.8 Å². The van der Waals surface area contributed by atoms with Gasteiger partial charge in [0.2, 0.25) is 11.8 Å². The maximum absolute atomic E-state index is 12.9. The molecule has 33 heavy (non-hydrogen) atoms. The quantitative estimate of drug-likeness (QED) is 0.626. The lowest BCUT2D eigenvalue weighted by atomic mass is 9.97. The van der Waals surface area contributed by atoms with E-state index in [0.717, 1.165) is 18.8 Å². The molecule has 2 fully saturated rings. The smallest absolute Gasteiger partial charge is 0.236 e. The summed E-state index contributed by atoms with van der Waals surface area (Å²) in [4.78, 5) is 31.9. The molecule has 2 heterocycles. The highest BCUT2D eigenvalue weighted by Crippen LogP contribution is 2.28. The number of carbonyl (C=O) groups excluding carboxylic acids is 2. The minimum Gasteiger partial charge on any atom is -0.506 e. The maximum atomic E-state index is 12.9. The highest BCUT2D eigenvalue weighted by molar-refractivity contribution is 6.32. The zero-order valence-electron chi connectivity index (χ0n) is 18.5. The van der Waals surface area contributed by atoms with Crippen molar-refractivity contribution in [1.82, 2.24) is 9.80 Å². The topological polar surface area (TPSA) is 76.1 Å². The predicted molar refractivity (Wildman–Crippen MR) is 131 cm³/mol. The van der Waals surface area contributed by atoms with Crippen LogP contribution in [0.5, 0.6) is 5.75 Å². The molecule has 2 amide bonds. The Bertz CT molecular complexity index is 1030. The molecule has 2 aliphatic rings. The van der Waals surface area contributed by atoms with Gasteiger partial charge in [0.1, 0.15) is 5.75 Å². The zero-order valence-corrected chi connectivity index (χ0v) is 20.0. The van der Waals surface area contributed by atoms with Crippen LogP contribution in [0.4, 0.5) is 11.4 Å². The van der Waals surface area contributed by atoms with Gasteiger partial charge in [-0.1, -0.05) is 36.2 Å². The zero-order chi connectivity index (χ0) is 23.5. The monoisotopic (exact) mass is 490 g/mol. The number of nitrogens with one attached hydrogen (secondary N) is 1. The Hall–Kier alpha value is -2.48. The van der Waals surface area contributed by atoms with Crippen LogP contribution >= 0.6 is 23.2 Å². The van der Waals surface area contributed by atoms with Gasteiger partial charge in [-0.3, -0.25) is 14.5 Å². The van der Waals surface area contributed by atoms with E-state index in [-0.39, 0.29) is 34.4 Å². The van der Waals surface area contributed by atoms with Gasteiger partial charge in [0.15, 0.2) is 0 Å². The number of phenols is 1. The molecule has 0 saturated carbocycles. The van der Waals surface area contributed by atoms with Crippen molar-refractivity contribution < 1.29 is 14.7 Å². The van der Waals surface area contributed by atoms with Crippen molar-refractivity contribution in [3.8, 4) is 5.75 Å². The SMILES string of the molecule is C[C@H]1CN(CC(=O)N2CCN(c3cccc(Cl)c3)CC2)C[C@@H]1C(=O)Nc1ccc(O)c(Cl)c1. The summed E-state index contributed by atoms with van der Waals surface area (Å²) in [6.45, 7) is 6.44. The lowest BCUT2D eigenvalue weighted by molar-refractivity contribution is -0.132. The molecule has 0 spiro atoms. The molecule has 2 aliphatic heterocycles. The van der Waals surface area contributed by atoms with Crippen molar-refractivity contribution in [3.63, 3.8) is 0 Å². The molecule has 2 saturated heterocycles. The van der Waals surface area contributed by atoms with Crippen molar-refractivity contribution >= 4 is 46.4 Å². The summed E-state index contributed by atoms with van der Waals surface area (Å²) >= 11 is 12.0. The average Bonchev–Trinajstić information content (AvgIpc) is 3.16. The van der Waals surface area contributed by atoms with Crippen LogP contribution in [0.2, 0.25) is 10.0 Å². The molecule has 2 aromatic rings. The summed E-state index contributed by atoms with van der Waals surface area (Å²) in [5.41, 5.74) is 1.62. The van der Waals surface area contributed by atoms with Gasteiger partial charge in [0.05, 0.1) is 17.5 Å². The fraction of sp³-hybridized carbons (Fsp3) is 0.417. The number of piperazine rings is 1. The minimum absolute atomic E-state index is 0.0259. The molecule has 2 atom stereocenters. The first-order valence-corrected chi connectivity index (χ1v) is 11.9. The highest BCUT2D eigenvalue weighted by Gasteiger charge is 2.36. The Morgan fingerprint density at radius 1 is 1.06 bits per heavy atom. The molecular weight excluding hydrogens is 463 g/mol. The Labute approximate surface area is 203 Å². The van der Waals surface area contributed by atoms with Crippen LogP contribution < -0.4 is 10.2 Å². The number of aromatic hydroxyl groups is 1. The number of likely N-dealkylation sites (tertiary alicyclic amines) is 1. The number of nitrogens with zero attached hydrogens (tertiary/aromatic N) is 3. The molecule has 0 unspecified atom stereocenters. The Morgan fingerprint density at radius 2 is 1.82 bits per heavy atom. The van der Waals surface area contributed by atoms with Crippen LogP contribution in [-0.4, -0.2) is 72.5 Å². The van der Waals surface area contributed by atoms with Gasteiger partial charge >= 0.3 is 0 Å². The second-order valence-corrected chi connectivity index (χ2v) is 9.62. The number of carbonyl (C=O) groups is 2. The second kappa shape index (κ2) is 10.2. The molecule has 0 bridgehead atoms. The van der Waals surface area contributed by atoms with Gasteiger partial charge in [-0.2, -0.15) is 0 Å². The number of benzene rings is 2. The first-order chi connectivity index (χ1) is 15.8. The second-order valence-electron chi connectivity index (χ2n) is 8.78. The Balaban J connectivity index is 1.27. The van der Waals surface area contributed by atoms with Crippen molar-refractivity contribution in [2.45, 2.75) is 6.92 Å². The molecule has 0 radical (unpaired) electrons. The molecule has 9 heteroatoms. The number of rotatable bonds is 5. The van der Waals surface area contributed by atoms with Gasteiger partial charge in [-0.25, -0.2) is 0 Å². The third-order valence-electron chi connectivity index (χ3n) is 6.40. The molecule has 4 rings (SSSR count). The Kier molecular flexibility index (Phi) is 7.32. The summed E-state index contributed by atoms with van der Waals surface area (Å²) in [5.74, 6) is -0.120. The lowest BCUT2D eigenvalue weighted by Gasteiger charge is -2.36. The van der Waals surface area contributed by atoms with E-state index in [1.165, 1.54) is 12.1 Å². The van der Waals surface area contributed by atoms with Crippen molar-refractivity contribution in [3.05, 3.63) is 52.5 Å². The average molecular weight is 491 g/mol. The van der Waals surface area contributed by atoms with E-state index in [1.54, 1.807) is 6.07 Å². The van der Waals surface area contributed by atoms with E-state index < -0.39 is 0 Å². The third kappa shape index (κ3) is 5.72. The van der Waals surface area contributed by atoms with Crippen LogP contribution in [0.1, 0.15) is 6.92 Å². The van der Waals surface area contributed by atoms with Crippen molar-refractivity contribution in [1.29, 1.82) is 0 Å². The molecule has 176 valence electrons. The lowest BCUT2D eigenvalue weighted by Crippen LogP contribution is -2.51. The number of phenolic OH excluding ortho intramolecular Hbond substituents is 1. The summed E-state index contributed by atoms with van der Waals surface area (Å²) in [6.07, 6.45) is 0. The van der Waals surface area contributed by atoms with E-state index >= 15 is 0 Å². The van der Waals surface area contributed by atoms with Gasteiger partial charge in [-0.05, 0) is 42.3 Å². The van der Waals surface area contributed by atoms with Gasteiger partial charge in [-0.15, -0.1) is 0 Å². The summed E-state index contributed by atoms with van der Waals surface area (Å²) < 4.78 is 0. The first kappa shape index (κ1) is 23.7. The fourth-order valence-corrected chi connectivity index (χ4v) is 4.90. The summed E-state index contributed by atoms with van der Waals surface area (Å²) in [6, 6.07) is 12.4. The number of hydrogen-bond donors (Lipinski definition) is 2. The van der Waals surface area contributed by atoms with Crippen LogP contribution in [-0.2, 0) is 9.59 Å². The number of anilines is 2. The predicted octanol–water partition coefficient (Wildman–Crippen LogP) is 3.55. The van der Waals surface area contributed by atoms with E-state index in [9.17, 15) is 14.7 Å². The van der Waals surface area contributed by atoms with Crippen molar-refractivity contribution in [2.75, 3.05) is 56.0 Å². The van der Waals surface area contributed by atoms with Crippen LogP contribution in [0.25, 0.3) is 0 Å². The normalized spacial score (nSPS) is 21.3. The van der Waals surface area contributed by atoms with E-state index in [2.05, 4.69) is 15.1 Å². The molecule has 2 aromatic carbocycles. The maximum Gasteiger partial charge on any atom is 0.236 e. The molecule has 0 aliphatic carbocycles. The van der Waals surface area contributed by atoms with Gasteiger partial charge in [0.25, 0.3) is 0 Å². The number of amides is 2. The van der Waals surface area contributed by atoms with Crippen LogP contribution in [0.3, 0.4) is 0 Å². The summed E-state index contributed by atoms with van der Waals surface area (Å²) in [7, 11) is 0. The standard InChI is InChI=1S/C24H28Cl2N4O3/c1-16-13-28(14-20(16)24(33)27-18-5-6-22(31)21(26)12-18)15-23(32)30-9-7-29(8-10-30)19-4-2-3-17(25)11-19/h2-6,11-12,16,20,31H,7-10,13-15H2,1H3,(H,27,33)/t16-,20-/m0/s1. The number of halogens is 2. The first-order valence-electron chi connectivity index (χ1n) is 11.1. The Morgan fingerprint density at radius 3 is 2.52 bits per heavy atom. The minimum atomic E-state index is -0.218.